The highest BCUT2D eigenvalue weighted by Gasteiger charge is 2.40. The highest BCUT2D eigenvalue weighted by Crippen LogP contribution is 2.38. The van der Waals surface area contributed by atoms with Gasteiger partial charge in [-0.25, -0.2) is 4.79 Å². The number of ether oxygens (including phenoxy) is 2. The van der Waals surface area contributed by atoms with Gasteiger partial charge in [-0.15, -0.1) is 0 Å². The van der Waals surface area contributed by atoms with E-state index in [2.05, 4.69) is 0 Å². The summed E-state index contributed by atoms with van der Waals surface area (Å²) in [5.74, 6) is -0.726. The van der Waals surface area contributed by atoms with Crippen molar-refractivity contribution in [3.8, 4) is 5.75 Å². The second-order valence-corrected chi connectivity index (χ2v) is 7.70. The third-order valence-electron chi connectivity index (χ3n) is 5.96. The molecule has 1 aliphatic carbocycles. The van der Waals surface area contributed by atoms with E-state index in [9.17, 15) is 14.4 Å². The van der Waals surface area contributed by atoms with Crippen molar-refractivity contribution in [1.82, 2.24) is 4.90 Å². The quantitative estimate of drug-likeness (QED) is 0.785. The van der Waals surface area contributed by atoms with Gasteiger partial charge in [0.2, 0.25) is 0 Å². The monoisotopic (exact) mass is 408 g/mol. The summed E-state index contributed by atoms with van der Waals surface area (Å²) in [5, 5.41) is 0. The summed E-state index contributed by atoms with van der Waals surface area (Å²) in [6.45, 7) is 0.802. The molecule has 7 nitrogen and oxygen atoms in total. The van der Waals surface area contributed by atoms with Gasteiger partial charge in [0.05, 0.1) is 13.0 Å². The smallest absolute Gasteiger partial charge is 0.314 e. The van der Waals surface area contributed by atoms with Gasteiger partial charge >= 0.3 is 12.0 Å². The van der Waals surface area contributed by atoms with Crippen molar-refractivity contribution < 1.29 is 23.9 Å². The number of carbonyl (C=O) groups is 3. The van der Waals surface area contributed by atoms with Crippen LogP contribution in [-0.2, 0) is 9.53 Å². The Balaban J connectivity index is 1.56. The molecule has 30 heavy (non-hydrogen) atoms. The number of rotatable bonds is 4. The fraction of sp³-hybridized carbons (Fsp3) is 0.348. The summed E-state index contributed by atoms with van der Waals surface area (Å²) < 4.78 is 11.2. The molecule has 1 saturated heterocycles. The number of primary amides is 1. The second kappa shape index (κ2) is 8.18. The molecule has 2 aliphatic rings. The molecule has 1 aliphatic heterocycles. The Hall–Kier alpha value is -3.35. The lowest BCUT2D eigenvalue weighted by Gasteiger charge is -2.38. The van der Waals surface area contributed by atoms with E-state index in [1.807, 2.05) is 30.3 Å². The Morgan fingerprint density at radius 2 is 1.90 bits per heavy atom. The molecular formula is C23H24N2O5. The van der Waals surface area contributed by atoms with Gasteiger partial charge in [0.15, 0.2) is 5.78 Å². The van der Waals surface area contributed by atoms with Crippen molar-refractivity contribution in [2.75, 3.05) is 20.2 Å². The minimum absolute atomic E-state index is 0.0715. The van der Waals surface area contributed by atoms with Gasteiger partial charge in [-0.05, 0) is 29.3 Å². The van der Waals surface area contributed by atoms with Crippen LogP contribution in [0.4, 0.5) is 4.79 Å². The molecule has 0 spiro atoms. The number of urea groups is 1. The zero-order chi connectivity index (χ0) is 21.3. The average molecular weight is 408 g/mol. The standard InChI is InChI=1S/C23H24N2O5/c1-29-15-7-8-16-17(11-15)18(12-20(16)26)22(27)30-21-9-10-25(23(24)28)13-19(21)14-5-3-2-4-6-14/h2-8,11,18-19,21H,9-10,12-13H2,1H3,(H2,24,28). The summed E-state index contributed by atoms with van der Waals surface area (Å²) in [4.78, 5) is 38.7. The van der Waals surface area contributed by atoms with E-state index >= 15 is 0 Å². The van der Waals surface area contributed by atoms with E-state index in [-0.39, 0.29) is 18.1 Å². The number of carbonyl (C=O) groups excluding carboxylic acids is 3. The predicted molar refractivity (Wildman–Crippen MR) is 110 cm³/mol. The number of piperidine rings is 1. The lowest BCUT2D eigenvalue weighted by atomic mass is 9.87. The highest BCUT2D eigenvalue weighted by atomic mass is 16.5. The Labute approximate surface area is 174 Å². The number of nitrogens with zero attached hydrogens (tertiary/aromatic N) is 1. The highest BCUT2D eigenvalue weighted by molar-refractivity contribution is 6.06. The summed E-state index contributed by atoms with van der Waals surface area (Å²) >= 11 is 0. The fourth-order valence-corrected chi connectivity index (χ4v) is 4.35. The summed E-state index contributed by atoms with van der Waals surface area (Å²) in [5.41, 5.74) is 7.65. The zero-order valence-corrected chi connectivity index (χ0v) is 16.7. The molecule has 156 valence electrons. The summed E-state index contributed by atoms with van der Waals surface area (Å²) in [6, 6.07) is 14.3. The number of benzene rings is 2. The minimum Gasteiger partial charge on any atom is -0.497 e. The lowest BCUT2D eigenvalue weighted by Crippen LogP contribution is -2.48. The first kappa shape index (κ1) is 19.9. The first-order valence-corrected chi connectivity index (χ1v) is 9.99. The minimum atomic E-state index is -0.645. The Morgan fingerprint density at radius 3 is 2.60 bits per heavy atom. The van der Waals surface area contributed by atoms with E-state index < -0.39 is 24.0 Å². The maximum absolute atomic E-state index is 13.1. The Bertz CT molecular complexity index is 975. The second-order valence-electron chi connectivity index (χ2n) is 7.70. The fourth-order valence-electron chi connectivity index (χ4n) is 4.35. The molecule has 0 saturated carbocycles. The van der Waals surface area contributed by atoms with Crippen LogP contribution in [0.5, 0.6) is 5.75 Å². The number of esters is 1. The molecule has 2 N–H and O–H groups in total. The Morgan fingerprint density at radius 1 is 1.13 bits per heavy atom. The number of nitrogens with two attached hydrogens (primary N) is 1. The van der Waals surface area contributed by atoms with Gasteiger partial charge in [0.1, 0.15) is 11.9 Å². The average Bonchev–Trinajstić information content (AvgIpc) is 3.10. The number of likely N-dealkylation sites (tertiary alicyclic amines) is 1. The van der Waals surface area contributed by atoms with E-state index in [0.29, 0.717) is 36.4 Å². The van der Waals surface area contributed by atoms with Crippen molar-refractivity contribution in [2.24, 2.45) is 5.73 Å². The summed E-state index contributed by atoms with van der Waals surface area (Å²) in [7, 11) is 1.54. The maximum Gasteiger partial charge on any atom is 0.314 e. The summed E-state index contributed by atoms with van der Waals surface area (Å²) in [6.07, 6.45) is 0.178. The van der Waals surface area contributed by atoms with Crippen molar-refractivity contribution in [3.05, 3.63) is 65.2 Å². The first-order chi connectivity index (χ1) is 14.5. The van der Waals surface area contributed by atoms with E-state index in [1.165, 1.54) is 0 Å². The molecule has 1 fully saturated rings. The number of ketones is 1. The van der Waals surface area contributed by atoms with Gasteiger partial charge in [0.25, 0.3) is 0 Å². The lowest BCUT2D eigenvalue weighted by molar-refractivity contribution is -0.153. The van der Waals surface area contributed by atoms with Crippen LogP contribution in [0, 0.1) is 0 Å². The molecular weight excluding hydrogens is 384 g/mol. The molecule has 2 aromatic carbocycles. The molecule has 2 amide bonds. The number of hydrogen-bond acceptors (Lipinski definition) is 5. The molecule has 2 aromatic rings. The molecule has 0 aromatic heterocycles. The van der Waals surface area contributed by atoms with Crippen LogP contribution in [0.1, 0.15) is 46.2 Å². The van der Waals surface area contributed by atoms with Crippen LogP contribution in [-0.4, -0.2) is 49.0 Å². The molecule has 3 unspecified atom stereocenters. The molecule has 3 atom stereocenters. The van der Waals surface area contributed by atoms with Gasteiger partial charge in [-0.3, -0.25) is 9.59 Å². The third-order valence-corrected chi connectivity index (χ3v) is 5.96. The van der Waals surface area contributed by atoms with Crippen LogP contribution in [0.25, 0.3) is 0 Å². The van der Waals surface area contributed by atoms with E-state index in [4.69, 9.17) is 15.2 Å². The van der Waals surface area contributed by atoms with E-state index in [0.717, 1.165) is 5.56 Å². The van der Waals surface area contributed by atoms with Crippen molar-refractivity contribution >= 4 is 17.8 Å². The topological polar surface area (TPSA) is 98.9 Å². The molecule has 0 radical (unpaired) electrons. The van der Waals surface area contributed by atoms with Crippen molar-refractivity contribution in [2.45, 2.75) is 30.8 Å². The first-order valence-electron chi connectivity index (χ1n) is 9.99. The van der Waals surface area contributed by atoms with Crippen LogP contribution in [0.3, 0.4) is 0 Å². The normalized spacial score (nSPS) is 23.0. The van der Waals surface area contributed by atoms with Gasteiger partial charge < -0.3 is 20.1 Å². The zero-order valence-electron chi connectivity index (χ0n) is 16.7. The molecule has 0 bridgehead atoms. The van der Waals surface area contributed by atoms with Gasteiger partial charge in [-0.1, -0.05) is 30.3 Å². The predicted octanol–water partition coefficient (Wildman–Crippen LogP) is 2.85. The number of amides is 2. The van der Waals surface area contributed by atoms with Crippen LogP contribution in [0.2, 0.25) is 0 Å². The third kappa shape index (κ3) is 3.75. The number of methoxy groups -OCH3 is 1. The SMILES string of the molecule is COc1ccc2c(c1)C(C(=O)OC1CCN(C(N)=O)CC1c1ccccc1)CC2=O. The van der Waals surface area contributed by atoms with E-state index in [1.54, 1.807) is 30.2 Å². The number of fused-ring (bicyclic) bond motifs is 1. The van der Waals surface area contributed by atoms with Crippen LogP contribution >= 0.6 is 0 Å². The number of Topliss-reactive ketones (excluding diaryl/α,β-unsaturated/α-hetero) is 1. The maximum atomic E-state index is 13.1. The van der Waals surface area contributed by atoms with Gasteiger partial charge in [-0.2, -0.15) is 0 Å². The number of hydrogen-bond donors (Lipinski definition) is 1. The van der Waals surface area contributed by atoms with Crippen LogP contribution in [0.15, 0.2) is 48.5 Å². The Kier molecular flexibility index (Phi) is 5.44. The molecule has 7 heteroatoms. The van der Waals surface area contributed by atoms with Crippen molar-refractivity contribution in [3.63, 3.8) is 0 Å². The van der Waals surface area contributed by atoms with Gasteiger partial charge in [0, 0.05) is 37.4 Å². The van der Waals surface area contributed by atoms with Crippen molar-refractivity contribution in [1.29, 1.82) is 0 Å². The molecule has 1 heterocycles. The molecule has 4 rings (SSSR count). The van der Waals surface area contributed by atoms with Crippen LogP contribution < -0.4 is 10.5 Å². The largest absolute Gasteiger partial charge is 0.497 e.